The molecule has 3 rings (SSSR count). The summed E-state index contributed by atoms with van der Waals surface area (Å²) < 4.78 is 12.5. The van der Waals surface area contributed by atoms with Crippen molar-refractivity contribution in [3.8, 4) is 22.8 Å². The number of hydrogen-bond acceptors (Lipinski definition) is 5. The molecule has 0 atom stereocenters. The zero-order chi connectivity index (χ0) is 13.4. The van der Waals surface area contributed by atoms with Crippen molar-refractivity contribution >= 4 is 22.1 Å². The first-order valence-electron chi connectivity index (χ1n) is 5.67. The highest BCUT2D eigenvalue weighted by Crippen LogP contribution is 2.34. The zero-order valence-electron chi connectivity index (χ0n) is 10.6. The van der Waals surface area contributed by atoms with Crippen LogP contribution in [0.5, 0.6) is 11.5 Å². The summed E-state index contributed by atoms with van der Waals surface area (Å²) in [7, 11) is 3.27. The third kappa shape index (κ3) is 1.90. The van der Waals surface area contributed by atoms with Crippen LogP contribution in [-0.2, 0) is 0 Å². The van der Waals surface area contributed by atoms with Crippen LogP contribution in [0.15, 0.2) is 29.8 Å². The fraction of sp³-hybridized carbons (Fsp3) is 0.154. The van der Waals surface area contributed by atoms with E-state index in [4.69, 9.17) is 15.2 Å². The Morgan fingerprint density at radius 2 is 2.11 bits per heavy atom. The van der Waals surface area contributed by atoms with E-state index in [1.165, 1.54) is 11.3 Å². The SMILES string of the molecule is COc1ccc(OC)c(-c2cn3c(N)csc3n2)c1. The number of anilines is 1. The Balaban J connectivity index is 2.18. The largest absolute Gasteiger partial charge is 0.497 e. The molecule has 0 radical (unpaired) electrons. The van der Waals surface area contributed by atoms with E-state index in [1.54, 1.807) is 14.2 Å². The van der Waals surface area contributed by atoms with Gasteiger partial charge in [0.15, 0.2) is 4.96 Å². The second-order valence-corrected chi connectivity index (χ2v) is 4.84. The van der Waals surface area contributed by atoms with E-state index in [-0.39, 0.29) is 0 Å². The third-order valence-electron chi connectivity index (χ3n) is 2.92. The summed E-state index contributed by atoms with van der Waals surface area (Å²) in [5.41, 5.74) is 7.57. The molecule has 5 nitrogen and oxygen atoms in total. The van der Waals surface area contributed by atoms with Crippen LogP contribution in [0, 0.1) is 0 Å². The molecule has 6 heteroatoms. The van der Waals surface area contributed by atoms with Crippen LogP contribution in [0.2, 0.25) is 0 Å². The Hall–Kier alpha value is -2.21. The lowest BCUT2D eigenvalue weighted by molar-refractivity contribution is 0.404. The van der Waals surface area contributed by atoms with E-state index in [1.807, 2.05) is 34.2 Å². The molecule has 1 aromatic carbocycles. The zero-order valence-corrected chi connectivity index (χ0v) is 11.4. The molecule has 19 heavy (non-hydrogen) atoms. The molecule has 0 spiro atoms. The molecule has 0 saturated heterocycles. The Morgan fingerprint density at radius 1 is 1.26 bits per heavy atom. The van der Waals surface area contributed by atoms with Crippen LogP contribution in [0.1, 0.15) is 0 Å². The van der Waals surface area contributed by atoms with Gasteiger partial charge in [0.25, 0.3) is 0 Å². The van der Waals surface area contributed by atoms with Gasteiger partial charge in [0.1, 0.15) is 17.3 Å². The molecule has 3 aromatic rings. The lowest BCUT2D eigenvalue weighted by Crippen LogP contribution is -1.91. The maximum Gasteiger partial charge on any atom is 0.195 e. The molecule has 0 fully saturated rings. The van der Waals surface area contributed by atoms with E-state index >= 15 is 0 Å². The molecule has 0 saturated carbocycles. The standard InChI is InChI=1S/C13H13N3O2S/c1-17-8-3-4-11(18-2)9(5-8)10-6-16-12(14)7-19-13(16)15-10/h3-7H,14H2,1-2H3. The second kappa shape index (κ2) is 4.47. The van der Waals surface area contributed by atoms with Gasteiger partial charge in [-0.15, -0.1) is 11.3 Å². The molecule has 0 bridgehead atoms. The molecule has 2 aromatic heterocycles. The van der Waals surface area contributed by atoms with E-state index in [2.05, 4.69) is 4.98 Å². The van der Waals surface area contributed by atoms with Crippen LogP contribution < -0.4 is 15.2 Å². The van der Waals surface area contributed by atoms with Gasteiger partial charge in [-0.3, -0.25) is 4.40 Å². The van der Waals surface area contributed by atoms with Crippen molar-refractivity contribution in [1.82, 2.24) is 9.38 Å². The van der Waals surface area contributed by atoms with Crippen LogP contribution in [0.4, 0.5) is 5.82 Å². The molecular formula is C13H13N3O2S. The number of benzene rings is 1. The molecule has 0 aliphatic carbocycles. The number of aromatic nitrogens is 2. The van der Waals surface area contributed by atoms with E-state index in [9.17, 15) is 0 Å². The molecule has 0 amide bonds. The van der Waals surface area contributed by atoms with Gasteiger partial charge in [0, 0.05) is 17.1 Å². The number of hydrogen-bond donors (Lipinski definition) is 1. The minimum Gasteiger partial charge on any atom is -0.497 e. The summed E-state index contributed by atoms with van der Waals surface area (Å²) in [6.07, 6.45) is 1.90. The second-order valence-electron chi connectivity index (χ2n) is 4.01. The maximum atomic E-state index is 5.87. The monoisotopic (exact) mass is 275 g/mol. The van der Waals surface area contributed by atoms with Crippen molar-refractivity contribution in [2.75, 3.05) is 20.0 Å². The minimum absolute atomic E-state index is 0.681. The van der Waals surface area contributed by atoms with Gasteiger partial charge in [-0.1, -0.05) is 0 Å². The lowest BCUT2D eigenvalue weighted by atomic mass is 10.1. The average molecular weight is 275 g/mol. The van der Waals surface area contributed by atoms with E-state index in [0.717, 1.165) is 27.7 Å². The highest BCUT2D eigenvalue weighted by molar-refractivity contribution is 7.15. The van der Waals surface area contributed by atoms with Gasteiger partial charge in [0.2, 0.25) is 0 Å². The predicted octanol–water partition coefficient (Wildman–Crippen LogP) is 2.66. The van der Waals surface area contributed by atoms with Crippen LogP contribution >= 0.6 is 11.3 Å². The van der Waals surface area contributed by atoms with Crippen LogP contribution in [0.25, 0.3) is 16.2 Å². The summed E-state index contributed by atoms with van der Waals surface area (Å²) in [6.45, 7) is 0. The van der Waals surface area contributed by atoms with Crippen molar-refractivity contribution in [1.29, 1.82) is 0 Å². The summed E-state index contributed by atoms with van der Waals surface area (Å²) in [5.74, 6) is 2.20. The minimum atomic E-state index is 0.681. The number of nitrogen functional groups attached to an aromatic ring is 1. The molecule has 2 N–H and O–H groups in total. The Labute approximate surface area is 114 Å². The highest BCUT2D eigenvalue weighted by Gasteiger charge is 2.13. The van der Waals surface area contributed by atoms with Gasteiger partial charge >= 0.3 is 0 Å². The van der Waals surface area contributed by atoms with Gasteiger partial charge in [-0.25, -0.2) is 4.98 Å². The van der Waals surface area contributed by atoms with Crippen molar-refractivity contribution in [3.63, 3.8) is 0 Å². The first-order valence-corrected chi connectivity index (χ1v) is 6.55. The van der Waals surface area contributed by atoms with Crippen LogP contribution in [-0.4, -0.2) is 23.6 Å². The topological polar surface area (TPSA) is 61.8 Å². The van der Waals surface area contributed by atoms with Gasteiger partial charge in [-0.2, -0.15) is 0 Å². The Bertz CT molecular complexity index is 733. The Morgan fingerprint density at radius 3 is 2.79 bits per heavy atom. The number of nitrogens with zero attached hydrogens (tertiary/aromatic N) is 2. The fourth-order valence-electron chi connectivity index (χ4n) is 1.95. The molecule has 2 heterocycles. The van der Waals surface area contributed by atoms with E-state index < -0.39 is 0 Å². The third-order valence-corrected chi connectivity index (χ3v) is 3.78. The summed E-state index contributed by atoms with van der Waals surface area (Å²) in [5, 5.41) is 1.87. The number of thiazole rings is 1. The molecule has 98 valence electrons. The quantitative estimate of drug-likeness (QED) is 0.798. The smallest absolute Gasteiger partial charge is 0.195 e. The van der Waals surface area contributed by atoms with Crippen molar-refractivity contribution in [2.45, 2.75) is 0 Å². The molecule has 0 aliphatic rings. The first kappa shape index (κ1) is 11.9. The summed E-state index contributed by atoms with van der Waals surface area (Å²) >= 11 is 1.51. The number of imidazole rings is 1. The summed E-state index contributed by atoms with van der Waals surface area (Å²) in [4.78, 5) is 5.41. The number of methoxy groups -OCH3 is 2. The lowest BCUT2D eigenvalue weighted by Gasteiger charge is -2.08. The van der Waals surface area contributed by atoms with Crippen LogP contribution in [0.3, 0.4) is 0 Å². The van der Waals surface area contributed by atoms with E-state index in [0.29, 0.717) is 5.82 Å². The first-order chi connectivity index (χ1) is 9.22. The predicted molar refractivity (Wildman–Crippen MR) is 76.0 cm³/mol. The van der Waals surface area contributed by atoms with Gasteiger partial charge in [0.05, 0.1) is 19.9 Å². The van der Waals surface area contributed by atoms with Crippen molar-refractivity contribution in [3.05, 3.63) is 29.8 Å². The maximum absolute atomic E-state index is 5.87. The highest BCUT2D eigenvalue weighted by atomic mass is 32.1. The number of nitrogens with two attached hydrogens (primary N) is 1. The molecule has 0 aliphatic heterocycles. The average Bonchev–Trinajstić information content (AvgIpc) is 3.00. The number of ether oxygens (including phenoxy) is 2. The molecular weight excluding hydrogens is 262 g/mol. The number of fused-ring (bicyclic) bond motifs is 1. The molecule has 0 unspecified atom stereocenters. The van der Waals surface area contributed by atoms with Crippen molar-refractivity contribution < 1.29 is 9.47 Å². The number of rotatable bonds is 3. The van der Waals surface area contributed by atoms with Gasteiger partial charge in [-0.05, 0) is 18.2 Å². The van der Waals surface area contributed by atoms with Gasteiger partial charge < -0.3 is 15.2 Å². The Kier molecular flexibility index (Phi) is 2.79. The fourth-order valence-corrected chi connectivity index (χ4v) is 2.71. The summed E-state index contributed by atoms with van der Waals surface area (Å²) in [6, 6.07) is 5.63. The normalized spacial score (nSPS) is 10.8. The van der Waals surface area contributed by atoms with Crippen molar-refractivity contribution in [2.24, 2.45) is 0 Å².